The van der Waals surface area contributed by atoms with Crippen molar-refractivity contribution in [3.05, 3.63) is 82.6 Å². The third kappa shape index (κ3) is 6.51. The van der Waals surface area contributed by atoms with Crippen LogP contribution in [0.5, 0.6) is 17.2 Å². The van der Waals surface area contributed by atoms with E-state index in [0.29, 0.717) is 38.9 Å². The van der Waals surface area contributed by atoms with Gasteiger partial charge in [0.25, 0.3) is 0 Å². The topological polar surface area (TPSA) is 99.5 Å². The zero-order valence-corrected chi connectivity index (χ0v) is 23.0. The predicted molar refractivity (Wildman–Crippen MR) is 149 cm³/mol. The Morgan fingerprint density at radius 1 is 0.974 bits per heavy atom. The summed E-state index contributed by atoms with van der Waals surface area (Å²) in [6, 6.07) is 18.2. The van der Waals surface area contributed by atoms with Gasteiger partial charge in [-0.1, -0.05) is 41.6 Å². The summed E-state index contributed by atoms with van der Waals surface area (Å²) in [5, 5.41) is 15.7. The summed E-state index contributed by atoms with van der Waals surface area (Å²) in [5.41, 5.74) is 3.42. The second kappa shape index (κ2) is 12.6. The number of nitrogens with zero attached hydrogens (tertiary/aromatic N) is 3. The Bertz CT molecular complexity index is 1430. The van der Waals surface area contributed by atoms with Gasteiger partial charge in [0.2, 0.25) is 0 Å². The molecule has 0 saturated carbocycles. The summed E-state index contributed by atoms with van der Waals surface area (Å²) in [4.78, 5) is 12.8. The Morgan fingerprint density at radius 2 is 1.76 bits per heavy atom. The van der Waals surface area contributed by atoms with Crippen LogP contribution in [-0.2, 0) is 12.3 Å². The highest BCUT2D eigenvalue weighted by Gasteiger charge is 2.18. The Balaban J connectivity index is 1.55. The van der Waals surface area contributed by atoms with Crippen molar-refractivity contribution in [3.63, 3.8) is 0 Å². The van der Waals surface area contributed by atoms with Crippen LogP contribution >= 0.6 is 23.4 Å². The summed E-state index contributed by atoms with van der Waals surface area (Å²) in [7, 11) is 4.74. The zero-order chi connectivity index (χ0) is 27.1. The molecule has 2 amide bonds. The van der Waals surface area contributed by atoms with Crippen molar-refractivity contribution >= 4 is 35.1 Å². The first-order chi connectivity index (χ1) is 18.4. The first-order valence-electron chi connectivity index (χ1n) is 11.6. The van der Waals surface area contributed by atoms with Gasteiger partial charge in [-0.25, -0.2) is 4.79 Å². The number of methoxy groups -OCH3 is 3. The molecule has 1 aromatic heterocycles. The van der Waals surface area contributed by atoms with E-state index in [1.54, 1.807) is 32.4 Å². The molecule has 11 heteroatoms. The molecule has 4 aromatic rings. The molecule has 3 aromatic carbocycles. The molecule has 0 bridgehead atoms. The minimum Gasteiger partial charge on any atom is -0.497 e. The summed E-state index contributed by atoms with van der Waals surface area (Å²) in [6.07, 6.45) is 0. The van der Waals surface area contributed by atoms with Gasteiger partial charge in [-0.05, 0) is 54.4 Å². The molecule has 9 nitrogen and oxygen atoms in total. The second-order valence-electron chi connectivity index (χ2n) is 8.18. The van der Waals surface area contributed by atoms with Gasteiger partial charge in [-0.15, -0.1) is 10.2 Å². The number of ether oxygens (including phenoxy) is 3. The number of anilines is 1. The number of urea groups is 1. The Hall–Kier alpha value is -3.89. The van der Waals surface area contributed by atoms with Crippen LogP contribution in [0.25, 0.3) is 5.69 Å². The molecule has 1 heterocycles. The first kappa shape index (κ1) is 27.2. The Labute approximate surface area is 230 Å². The number of aryl methyl sites for hydroxylation is 1. The van der Waals surface area contributed by atoms with Crippen molar-refractivity contribution in [1.82, 2.24) is 20.1 Å². The molecule has 38 heavy (non-hydrogen) atoms. The van der Waals surface area contributed by atoms with E-state index in [0.717, 1.165) is 22.6 Å². The fourth-order valence-electron chi connectivity index (χ4n) is 3.71. The zero-order valence-electron chi connectivity index (χ0n) is 21.4. The SMILES string of the molecule is COc1cccc(CSc2nnc(CNC(=O)Nc3ccc(OC)cc3OC)n2-c2cc(Cl)ccc2C)c1. The molecule has 0 aliphatic rings. The van der Waals surface area contributed by atoms with Gasteiger partial charge in [-0.3, -0.25) is 4.57 Å². The molecule has 0 saturated heterocycles. The normalized spacial score (nSPS) is 10.7. The van der Waals surface area contributed by atoms with Gasteiger partial charge in [0.1, 0.15) is 17.2 Å². The van der Waals surface area contributed by atoms with Crippen LogP contribution in [0.15, 0.2) is 65.8 Å². The van der Waals surface area contributed by atoms with Crippen LogP contribution in [0.4, 0.5) is 10.5 Å². The number of benzene rings is 3. The van der Waals surface area contributed by atoms with E-state index in [2.05, 4.69) is 20.8 Å². The third-order valence-electron chi connectivity index (χ3n) is 5.68. The van der Waals surface area contributed by atoms with Crippen molar-refractivity contribution in [2.24, 2.45) is 0 Å². The molecule has 0 radical (unpaired) electrons. The number of nitrogens with one attached hydrogen (secondary N) is 2. The van der Waals surface area contributed by atoms with E-state index in [4.69, 9.17) is 25.8 Å². The molecule has 0 aliphatic carbocycles. The molecule has 198 valence electrons. The number of aromatic nitrogens is 3. The van der Waals surface area contributed by atoms with Gasteiger partial charge < -0.3 is 24.8 Å². The van der Waals surface area contributed by atoms with Crippen LogP contribution in [0, 0.1) is 6.92 Å². The number of thioether (sulfide) groups is 1. The highest BCUT2D eigenvalue weighted by molar-refractivity contribution is 7.98. The average Bonchev–Trinajstić information content (AvgIpc) is 3.34. The summed E-state index contributed by atoms with van der Waals surface area (Å²) in [5.74, 6) is 3.10. The number of amides is 2. The first-order valence-corrected chi connectivity index (χ1v) is 13.0. The third-order valence-corrected chi connectivity index (χ3v) is 6.91. The predicted octanol–water partition coefficient (Wildman–Crippen LogP) is 5.87. The fraction of sp³-hybridized carbons (Fsp3) is 0.222. The molecular weight excluding hydrogens is 526 g/mol. The maximum Gasteiger partial charge on any atom is 0.319 e. The standard InChI is InChI=1S/C27H28ClN5O4S/c1-17-8-9-19(28)13-23(17)33-25(31-32-27(33)38-16-18-6-5-7-20(12-18)35-2)15-29-26(34)30-22-11-10-21(36-3)14-24(22)37-4/h5-14H,15-16H2,1-4H3,(H2,29,30,34). The lowest BCUT2D eigenvalue weighted by molar-refractivity contribution is 0.251. The van der Waals surface area contributed by atoms with Crippen LogP contribution < -0.4 is 24.8 Å². The van der Waals surface area contributed by atoms with Crippen LogP contribution in [0.2, 0.25) is 5.02 Å². The minimum atomic E-state index is -0.420. The number of rotatable bonds is 10. The smallest absolute Gasteiger partial charge is 0.319 e. The number of hydrogen-bond acceptors (Lipinski definition) is 7. The average molecular weight is 554 g/mol. The molecule has 0 aliphatic heterocycles. The monoisotopic (exact) mass is 553 g/mol. The van der Waals surface area contributed by atoms with Crippen LogP contribution in [0.1, 0.15) is 17.0 Å². The highest BCUT2D eigenvalue weighted by atomic mass is 35.5. The molecule has 0 fully saturated rings. The van der Waals surface area contributed by atoms with Gasteiger partial charge in [0.15, 0.2) is 11.0 Å². The van der Waals surface area contributed by atoms with E-state index < -0.39 is 6.03 Å². The molecule has 2 N–H and O–H groups in total. The maximum atomic E-state index is 12.8. The quantitative estimate of drug-likeness (QED) is 0.237. The molecule has 0 atom stereocenters. The molecule has 4 rings (SSSR count). The lowest BCUT2D eigenvalue weighted by atomic mass is 10.2. The van der Waals surface area contributed by atoms with Gasteiger partial charge >= 0.3 is 6.03 Å². The van der Waals surface area contributed by atoms with Crippen molar-refractivity contribution in [1.29, 1.82) is 0 Å². The largest absolute Gasteiger partial charge is 0.497 e. The van der Waals surface area contributed by atoms with Crippen molar-refractivity contribution < 1.29 is 19.0 Å². The lowest BCUT2D eigenvalue weighted by Crippen LogP contribution is -2.29. The lowest BCUT2D eigenvalue weighted by Gasteiger charge is -2.15. The second-order valence-corrected chi connectivity index (χ2v) is 9.56. The van der Waals surface area contributed by atoms with Gasteiger partial charge in [0, 0.05) is 16.8 Å². The van der Waals surface area contributed by atoms with E-state index in [1.165, 1.54) is 18.9 Å². The summed E-state index contributed by atoms with van der Waals surface area (Å²) in [6.45, 7) is 2.12. The number of halogens is 1. The summed E-state index contributed by atoms with van der Waals surface area (Å²) >= 11 is 7.87. The maximum absolute atomic E-state index is 12.8. The van der Waals surface area contributed by atoms with E-state index in [1.807, 2.05) is 54.0 Å². The number of carbonyl (C=O) groups is 1. The molecule has 0 spiro atoms. The molecule has 0 unspecified atom stereocenters. The van der Waals surface area contributed by atoms with Crippen molar-refractivity contribution in [2.45, 2.75) is 24.4 Å². The fourth-order valence-corrected chi connectivity index (χ4v) is 4.78. The van der Waals surface area contributed by atoms with E-state index in [9.17, 15) is 4.79 Å². The Kier molecular flexibility index (Phi) is 8.98. The Morgan fingerprint density at radius 3 is 2.53 bits per heavy atom. The highest BCUT2D eigenvalue weighted by Crippen LogP contribution is 2.30. The summed E-state index contributed by atoms with van der Waals surface area (Å²) < 4.78 is 17.8. The van der Waals surface area contributed by atoms with E-state index in [-0.39, 0.29) is 6.54 Å². The minimum absolute atomic E-state index is 0.128. The number of hydrogen-bond donors (Lipinski definition) is 2. The van der Waals surface area contributed by atoms with Crippen LogP contribution in [0.3, 0.4) is 0 Å². The number of carbonyl (C=O) groups excluding carboxylic acids is 1. The molecular formula is C27H28ClN5O4S. The van der Waals surface area contributed by atoms with Crippen LogP contribution in [-0.4, -0.2) is 42.1 Å². The van der Waals surface area contributed by atoms with Gasteiger partial charge in [0.05, 0.1) is 39.2 Å². The van der Waals surface area contributed by atoms with E-state index >= 15 is 0 Å². The van der Waals surface area contributed by atoms with Crippen molar-refractivity contribution in [3.8, 4) is 22.9 Å². The van der Waals surface area contributed by atoms with Gasteiger partial charge in [-0.2, -0.15) is 0 Å². The van der Waals surface area contributed by atoms with Crippen molar-refractivity contribution in [2.75, 3.05) is 26.6 Å².